The van der Waals surface area contributed by atoms with Gasteiger partial charge in [-0.2, -0.15) is 5.10 Å². The number of carbonyl (C=O) groups excluding carboxylic acids is 2. The number of fused-ring (bicyclic) bond motifs is 2. The molecular weight excluding hydrogens is 348 g/mol. The Kier molecular flexibility index (Phi) is 5.91. The Morgan fingerprint density at radius 2 is 2.11 bits per heavy atom. The number of rotatable bonds is 7. The van der Waals surface area contributed by atoms with Crippen LogP contribution in [0.5, 0.6) is 0 Å². The second-order valence-corrected chi connectivity index (χ2v) is 8.81. The summed E-state index contributed by atoms with van der Waals surface area (Å²) in [6.07, 6.45) is 4.54. The first kappa shape index (κ1) is 20.3. The molecule has 1 N–H and O–H groups in total. The molecule has 1 heterocycles. The lowest BCUT2D eigenvalue weighted by Gasteiger charge is -2.34. The maximum atomic E-state index is 12.0. The maximum Gasteiger partial charge on any atom is 0.335 e. The highest BCUT2D eigenvalue weighted by Gasteiger charge is 2.60. The summed E-state index contributed by atoms with van der Waals surface area (Å²) in [6.45, 7) is 9.18. The third-order valence-electron chi connectivity index (χ3n) is 7.06. The van der Waals surface area contributed by atoms with Crippen LogP contribution < -0.4 is 5.43 Å². The van der Waals surface area contributed by atoms with Gasteiger partial charge in [0.2, 0.25) is 0 Å². The molecule has 7 heteroatoms. The first-order chi connectivity index (χ1) is 12.7. The van der Waals surface area contributed by atoms with Crippen LogP contribution >= 0.6 is 0 Å². The Balaban J connectivity index is 1.40. The molecule has 2 aliphatic carbocycles. The third kappa shape index (κ3) is 4.04. The lowest BCUT2D eigenvalue weighted by atomic mass is 9.70. The summed E-state index contributed by atoms with van der Waals surface area (Å²) < 4.78 is 16.0. The zero-order valence-corrected chi connectivity index (χ0v) is 16.9. The van der Waals surface area contributed by atoms with Crippen molar-refractivity contribution < 1.29 is 23.8 Å². The summed E-state index contributed by atoms with van der Waals surface area (Å²) in [6, 6.07) is 0. The van der Waals surface area contributed by atoms with E-state index in [1.807, 2.05) is 0 Å². The Bertz CT molecular complexity index is 611. The van der Waals surface area contributed by atoms with Crippen molar-refractivity contribution in [2.45, 2.75) is 72.0 Å². The number of hydrazone groups is 1. The van der Waals surface area contributed by atoms with Crippen LogP contribution in [0.1, 0.15) is 59.8 Å². The molecule has 7 nitrogen and oxygen atoms in total. The fourth-order valence-electron chi connectivity index (χ4n) is 4.61. The molecular formula is C20H32N2O5. The monoisotopic (exact) mass is 380 g/mol. The summed E-state index contributed by atoms with van der Waals surface area (Å²) in [4.78, 5) is 24.0. The van der Waals surface area contributed by atoms with Gasteiger partial charge in [-0.05, 0) is 50.4 Å². The number of hydrogen-bond donors (Lipinski definition) is 1. The Morgan fingerprint density at radius 1 is 1.33 bits per heavy atom. The molecule has 3 aliphatic rings. The largest absolute Gasteiger partial charge is 0.454 e. The molecule has 3 rings (SSSR count). The molecule has 0 aromatic heterocycles. The minimum atomic E-state index is -0.724. The van der Waals surface area contributed by atoms with Gasteiger partial charge < -0.3 is 14.2 Å². The van der Waals surface area contributed by atoms with Gasteiger partial charge in [0, 0.05) is 17.7 Å². The highest BCUT2D eigenvalue weighted by atomic mass is 16.6. The van der Waals surface area contributed by atoms with Crippen molar-refractivity contribution in [2.24, 2.45) is 21.8 Å². The van der Waals surface area contributed by atoms with Crippen LogP contribution in [0.4, 0.5) is 0 Å². The molecule has 4 atom stereocenters. The summed E-state index contributed by atoms with van der Waals surface area (Å²) >= 11 is 0. The third-order valence-corrected chi connectivity index (χ3v) is 7.06. The first-order valence-electron chi connectivity index (χ1n) is 10.00. The molecule has 2 saturated carbocycles. The molecule has 0 spiro atoms. The summed E-state index contributed by atoms with van der Waals surface area (Å²) in [5.41, 5.74) is 3.85. The second-order valence-electron chi connectivity index (χ2n) is 8.81. The van der Waals surface area contributed by atoms with E-state index in [9.17, 15) is 9.59 Å². The van der Waals surface area contributed by atoms with Crippen LogP contribution in [0.15, 0.2) is 5.10 Å². The number of nitrogens with zero attached hydrogens (tertiary/aromatic N) is 1. The molecule has 1 aliphatic heterocycles. The van der Waals surface area contributed by atoms with Gasteiger partial charge in [0.15, 0.2) is 12.7 Å². The SMILES string of the molecule is CC(OCC1CCCO1)C(=O)OCC(=O)N/N=C1/CC2CCC1(C)C2(C)C. The van der Waals surface area contributed by atoms with Crippen molar-refractivity contribution in [3.63, 3.8) is 0 Å². The lowest BCUT2D eigenvalue weighted by molar-refractivity contribution is -0.160. The van der Waals surface area contributed by atoms with Gasteiger partial charge in [0.05, 0.1) is 12.7 Å². The van der Waals surface area contributed by atoms with E-state index in [2.05, 4.69) is 31.3 Å². The maximum absolute atomic E-state index is 12.0. The zero-order chi connectivity index (χ0) is 19.7. The van der Waals surface area contributed by atoms with Gasteiger partial charge in [-0.3, -0.25) is 4.79 Å². The van der Waals surface area contributed by atoms with E-state index in [0.717, 1.165) is 38.0 Å². The number of hydrogen-bond acceptors (Lipinski definition) is 6. The average molecular weight is 380 g/mol. The number of esters is 1. The van der Waals surface area contributed by atoms with Crippen LogP contribution in [0.25, 0.3) is 0 Å². The molecule has 2 bridgehead atoms. The quantitative estimate of drug-likeness (QED) is 0.541. The van der Waals surface area contributed by atoms with Gasteiger partial charge in [0.1, 0.15) is 0 Å². The van der Waals surface area contributed by atoms with Crippen molar-refractivity contribution in [1.29, 1.82) is 0 Å². The smallest absolute Gasteiger partial charge is 0.335 e. The van der Waals surface area contributed by atoms with Crippen molar-refractivity contribution in [3.05, 3.63) is 0 Å². The first-order valence-corrected chi connectivity index (χ1v) is 10.00. The minimum absolute atomic E-state index is 0.0340. The van der Waals surface area contributed by atoms with E-state index in [4.69, 9.17) is 14.2 Å². The number of carbonyl (C=O) groups is 2. The fourth-order valence-corrected chi connectivity index (χ4v) is 4.61. The van der Waals surface area contributed by atoms with Crippen LogP contribution in [0.2, 0.25) is 0 Å². The molecule has 0 aromatic rings. The summed E-state index contributed by atoms with van der Waals surface area (Å²) in [5, 5.41) is 4.36. The average Bonchev–Trinajstić information content (AvgIpc) is 3.28. The van der Waals surface area contributed by atoms with Gasteiger partial charge in [-0.1, -0.05) is 20.8 Å². The molecule has 0 radical (unpaired) electrons. The van der Waals surface area contributed by atoms with Gasteiger partial charge in [-0.15, -0.1) is 0 Å². The van der Waals surface area contributed by atoms with E-state index >= 15 is 0 Å². The van der Waals surface area contributed by atoms with E-state index in [1.165, 1.54) is 6.42 Å². The number of nitrogens with one attached hydrogen (secondary N) is 1. The van der Waals surface area contributed by atoms with Crippen molar-refractivity contribution in [2.75, 3.05) is 19.8 Å². The number of amides is 1. The van der Waals surface area contributed by atoms with E-state index < -0.39 is 18.0 Å². The van der Waals surface area contributed by atoms with Gasteiger partial charge in [-0.25, -0.2) is 10.2 Å². The van der Waals surface area contributed by atoms with Crippen LogP contribution in [0.3, 0.4) is 0 Å². The number of ether oxygens (including phenoxy) is 3. The Morgan fingerprint density at radius 3 is 2.70 bits per heavy atom. The van der Waals surface area contributed by atoms with Gasteiger partial charge in [0.25, 0.3) is 5.91 Å². The Hall–Kier alpha value is -1.47. The predicted molar refractivity (Wildman–Crippen MR) is 100 cm³/mol. The van der Waals surface area contributed by atoms with E-state index in [0.29, 0.717) is 12.5 Å². The topological polar surface area (TPSA) is 86.2 Å². The minimum Gasteiger partial charge on any atom is -0.454 e. The van der Waals surface area contributed by atoms with Gasteiger partial charge >= 0.3 is 5.97 Å². The molecule has 3 fully saturated rings. The van der Waals surface area contributed by atoms with E-state index in [1.54, 1.807) is 6.92 Å². The zero-order valence-electron chi connectivity index (χ0n) is 16.9. The molecule has 4 unspecified atom stereocenters. The highest BCUT2D eigenvalue weighted by molar-refractivity contribution is 5.95. The predicted octanol–water partition coefficient (Wildman–Crippen LogP) is 2.43. The lowest BCUT2D eigenvalue weighted by Crippen LogP contribution is -2.35. The Labute approximate surface area is 161 Å². The molecule has 27 heavy (non-hydrogen) atoms. The standard InChI is InChI=1S/C20H32N2O5/c1-13(26-11-15-6-5-9-25-15)18(24)27-12-17(23)22-21-16-10-14-7-8-20(16,4)19(14,2)3/h13-15H,5-12H2,1-4H3,(H,22,23)/b21-16-. The van der Waals surface area contributed by atoms with E-state index in [-0.39, 0.29) is 23.5 Å². The van der Waals surface area contributed by atoms with Crippen LogP contribution in [-0.4, -0.2) is 49.6 Å². The van der Waals surface area contributed by atoms with Crippen molar-refractivity contribution >= 4 is 17.6 Å². The highest BCUT2D eigenvalue weighted by Crippen LogP contribution is 2.63. The molecule has 1 saturated heterocycles. The van der Waals surface area contributed by atoms with Crippen LogP contribution in [-0.2, 0) is 23.8 Å². The summed E-state index contributed by atoms with van der Waals surface area (Å²) in [5.74, 6) is -0.354. The normalized spacial score (nSPS) is 34.0. The molecule has 0 aromatic carbocycles. The van der Waals surface area contributed by atoms with Crippen LogP contribution in [0, 0.1) is 16.7 Å². The molecule has 152 valence electrons. The van der Waals surface area contributed by atoms with Crippen molar-refractivity contribution in [1.82, 2.24) is 5.43 Å². The fraction of sp³-hybridized carbons (Fsp3) is 0.850. The molecule has 1 amide bonds. The second kappa shape index (κ2) is 7.87. The van der Waals surface area contributed by atoms with Crippen molar-refractivity contribution in [3.8, 4) is 0 Å². The summed E-state index contributed by atoms with van der Waals surface area (Å²) in [7, 11) is 0.